The zero-order chi connectivity index (χ0) is 26.5. The molecule has 1 saturated heterocycles. The molecule has 2 aliphatic rings. The first kappa shape index (κ1) is 26.7. The monoisotopic (exact) mass is 556 g/mol. The molecule has 2 N–H and O–H groups in total. The molecule has 5 rings (SSSR count). The molecule has 10 heteroatoms. The van der Waals surface area contributed by atoms with Crippen molar-refractivity contribution in [2.45, 2.75) is 35.6 Å². The van der Waals surface area contributed by atoms with Gasteiger partial charge in [-0.25, -0.2) is 13.1 Å². The molecule has 1 fully saturated rings. The molecule has 1 atom stereocenters. The van der Waals surface area contributed by atoms with Crippen molar-refractivity contribution in [3.05, 3.63) is 77.4 Å². The molecule has 1 aromatic heterocycles. The van der Waals surface area contributed by atoms with Crippen LogP contribution in [-0.4, -0.2) is 57.8 Å². The van der Waals surface area contributed by atoms with Crippen LogP contribution in [0.15, 0.2) is 70.4 Å². The van der Waals surface area contributed by atoms with E-state index in [2.05, 4.69) is 9.62 Å². The summed E-state index contributed by atoms with van der Waals surface area (Å²) in [5.41, 5.74) is 2.26. The van der Waals surface area contributed by atoms with E-state index >= 15 is 0 Å². The Balaban J connectivity index is 1.06. The smallest absolute Gasteiger partial charge is 0.250 e. The third-order valence-electron chi connectivity index (χ3n) is 6.87. The number of likely N-dealkylation sites (tertiary alicyclic amines) is 1. The normalized spacial score (nSPS) is 18.4. The molecular weight excluding hydrogens is 524 g/mol. The van der Waals surface area contributed by atoms with Gasteiger partial charge in [-0.3, -0.25) is 0 Å². The third-order valence-corrected chi connectivity index (χ3v) is 9.79. The van der Waals surface area contributed by atoms with Gasteiger partial charge in [-0.2, -0.15) is 0 Å². The van der Waals surface area contributed by atoms with Crippen LogP contribution in [0.2, 0.25) is 0 Å². The minimum atomic E-state index is -3.42. The number of nitrogens with one attached hydrogen (secondary N) is 1. The van der Waals surface area contributed by atoms with Gasteiger partial charge < -0.3 is 24.2 Å². The summed E-state index contributed by atoms with van der Waals surface area (Å²) >= 11 is 1.24. The number of thiophene rings is 1. The van der Waals surface area contributed by atoms with Crippen molar-refractivity contribution in [2.75, 3.05) is 33.4 Å². The van der Waals surface area contributed by atoms with E-state index in [0.29, 0.717) is 33.5 Å². The van der Waals surface area contributed by atoms with Crippen molar-refractivity contribution >= 4 is 26.9 Å². The summed E-state index contributed by atoms with van der Waals surface area (Å²) in [6, 6.07) is 16.4. The largest absolute Gasteiger partial charge is 0.497 e. The van der Waals surface area contributed by atoms with Crippen LogP contribution in [0.4, 0.5) is 0 Å². The number of aliphatic hydroxyl groups is 1. The van der Waals surface area contributed by atoms with Gasteiger partial charge >= 0.3 is 0 Å². The van der Waals surface area contributed by atoms with E-state index in [4.69, 9.17) is 14.2 Å². The number of piperidine rings is 1. The fraction of sp³-hybridized carbons (Fsp3) is 0.357. The molecule has 3 heterocycles. The van der Waals surface area contributed by atoms with Crippen LogP contribution in [0.25, 0.3) is 5.57 Å². The lowest BCUT2D eigenvalue weighted by Gasteiger charge is -2.32. The number of hydrogen-bond acceptors (Lipinski definition) is 8. The Morgan fingerprint density at radius 3 is 2.58 bits per heavy atom. The Kier molecular flexibility index (Phi) is 8.35. The van der Waals surface area contributed by atoms with Crippen molar-refractivity contribution in [3.63, 3.8) is 0 Å². The second-order valence-electron chi connectivity index (χ2n) is 9.39. The van der Waals surface area contributed by atoms with Gasteiger partial charge in [0, 0.05) is 29.8 Å². The average Bonchev–Trinajstić information content (AvgIpc) is 3.49. The Hall–Kier alpha value is -2.89. The standard InChI is InChI=1S/C28H32N2O6S2/c1-34-22-7-5-20(6-8-22)25-19-36-26-18-23(9-10-24(26)28(25)31)35-16-3-13-30-14-11-21(12-15-30)29-38(32,33)27-4-2-17-37-27/h2,4-10,17-19,21,28-29,31H,3,11-16H2,1H3. The Labute approximate surface area is 227 Å². The highest BCUT2D eigenvalue weighted by molar-refractivity contribution is 7.91. The van der Waals surface area contributed by atoms with Crippen molar-refractivity contribution in [3.8, 4) is 17.2 Å². The molecule has 0 spiro atoms. The summed E-state index contributed by atoms with van der Waals surface area (Å²) in [4.78, 5) is 2.34. The van der Waals surface area contributed by atoms with Gasteiger partial charge in [0.15, 0.2) is 0 Å². The number of ether oxygens (including phenoxy) is 3. The van der Waals surface area contributed by atoms with Crippen LogP contribution in [-0.2, 0) is 10.0 Å². The van der Waals surface area contributed by atoms with Crippen molar-refractivity contribution in [2.24, 2.45) is 0 Å². The number of rotatable bonds is 10. The second kappa shape index (κ2) is 11.9. The highest BCUT2D eigenvalue weighted by Crippen LogP contribution is 2.41. The summed E-state index contributed by atoms with van der Waals surface area (Å²) in [6.45, 7) is 3.15. The predicted octanol–water partition coefficient (Wildman–Crippen LogP) is 4.44. The van der Waals surface area contributed by atoms with E-state index in [1.54, 1.807) is 30.9 Å². The lowest BCUT2D eigenvalue weighted by molar-refractivity contribution is 0.189. The zero-order valence-electron chi connectivity index (χ0n) is 21.2. The molecule has 38 heavy (non-hydrogen) atoms. The lowest BCUT2D eigenvalue weighted by Crippen LogP contribution is -2.44. The molecule has 0 amide bonds. The molecule has 0 radical (unpaired) electrons. The van der Waals surface area contributed by atoms with E-state index in [1.165, 1.54) is 11.3 Å². The van der Waals surface area contributed by atoms with Gasteiger partial charge in [0.25, 0.3) is 0 Å². The lowest BCUT2D eigenvalue weighted by atomic mass is 9.94. The third kappa shape index (κ3) is 6.22. The SMILES string of the molecule is COc1ccc(C2=COc3cc(OCCCN4CCC(NS(=O)(=O)c5cccs5)CC4)ccc3C2O)cc1. The summed E-state index contributed by atoms with van der Waals surface area (Å²) in [5.74, 6) is 2.03. The zero-order valence-corrected chi connectivity index (χ0v) is 22.8. The maximum absolute atomic E-state index is 12.4. The molecular formula is C28H32N2O6S2. The Morgan fingerprint density at radius 1 is 1.11 bits per heavy atom. The molecule has 202 valence electrons. The van der Waals surface area contributed by atoms with Crippen LogP contribution in [0.1, 0.15) is 36.5 Å². The summed E-state index contributed by atoms with van der Waals surface area (Å²) in [6.07, 6.45) is 3.24. The molecule has 0 bridgehead atoms. The van der Waals surface area contributed by atoms with E-state index in [-0.39, 0.29) is 6.04 Å². The minimum absolute atomic E-state index is 0.0280. The highest BCUT2D eigenvalue weighted by Gasteiger charge is 2.26. The summed E-state index contributed by atoms with van der Waals surface area (Å²) in [5, 5.41) is 12.7. The van der Waals surface area contributed by atoms with Gasteiger partial charge in [0.05, 0.1) is 20.0 Å². The fourth-order valence-electron chi connectivity index (χ4n) is 4.75. The summed E-state index contributed by atoms with van der Waals surface area (Å²) in [7, 11) is -1.80. The topological polar surface area (TPSA) is 97.3 Å². The average molecular weight is 557 g/mol. The van der Waals surface area contributed by atoms with E-state index < -0.39 is 16.1 Å². The first-order valence-electron chi connectivity index (χ1n) is 12.7. The van der Waals surface area contributed by atoms with Crippen LogP contribution < -0.4 is 18.9 Å². The van der Waals surface area contributed by atoms with E-state index in [9.17, 15) is 13.5 Å². The Morgan fingerprint density at radius 2 is 1.87 bits per heavy atom. The van der Waals surface area contributed by atoms with Gasteiger partial charge in [-0.1, -0.05) is 18.2 Å². The van der Waals surface area contributed by atoms with Crippen molar-refractivity contribution in [1.82, 2.24) is 9.62 Å². The van der Waals surface area contributed by atoms with Crippen LogP contribution >= 0.6 is 11.3 Å². The van der Waals surface area contributed by atoms with Crippen molar-refractivity contribution < 1.29 is 27.7 Å². The molecule has 0 aliphatic carbocycles. The maximum Gasteiger partial charge on any atom is 0.250 e. The number of sulfonamides is 1. The first-order chi connectivity index (χ1) is 18.4. The van der Waals surface area contributed by atoms with Gasteiger partial charge in [0.1, 0.15) is 27.6 Å². The summed E-state index contributed by atoms with van der Waals surface area (Å²) < 4.78 is 45.1. The predicted molar refractivity (Wildman–Crippen MR) is 147 cm³/mol. The molecule has 3 aromatic rings. The number of benzene rings is 2. The second-order valence-corrected chi connectivity index (χ2v) is 12.3. The number of nitrogens with zero attached hydrogens (tertiary/aromatic N) is 1. The number of aliphatic hydroxyl groups excluding tert-OH is 1. The first-order valence-corrected chi connectivity index (χ1v) is 15.0. The van der Waals surface area contributed by atoms with E-state index in [1.807, 2.05) is 42.5 Å². The van der Waals surface area contributed by atoms with Crippen molar-refractivity contribution in [1.29, 1.82) is 0 Å². The van der Waals surface area contributed by atoms with Gasteiger partial charge in [-0.15, -0.1) is 11.3 Å². The van der Waals surface area contributed by atoms with Crippen LogP contribution in [0.5, 0.6) is 17.2 Å². The molecule has 2 aromatic carbocycles. The fourth-order valence-corrected chi connectivity index (χ4v) is 7.06. The van der Waals surface area contributed by atoms with Crippen LogP contribution in [0.3, 0.4) is 0 Å². The number of fused-ring (bicyclic) bond motifs is 1. The maximum atomic E-state index is 12.4. The highest BCUT2D eigenvalue weighted by atomic mass is 32.2. The minimum Gasteiger partial charge on any atom is -0.497 e. The Bertz CT molecular complexity index is 1350. The quantitative estimate of drug-likeness (QED) is 0.357. The van der Waals surface area contributed by atoms with E-state index in [0.717, 1.165) is 50.2 Å². The molecule has 8 nitrogen and oxygen atoms in total. The van der Waals surface area contributed by atoms with Gasteiger partial charge in [0.2, 0.25) is 10.0 Å². The molecule has 2 aliphatic heterocycles. The molecule has 1 unspecified atom stereocenters. The number of methoxy groups -OCH3 is 1. The molecule has 0 saturated carbocycles. The number of hydrogen-bond donors (Lipinski definition) is 2. The van der Waals surface area contributed by atoms with Crippen LogP contribution in [0, 0.1) is 0 Å². The van der Waals surface area contributed by atoms with Gasteiger partial charge in [-0.05, 0) is 73.6 Å².